The Labute approximate surface area is 201 Å². The summed E-state index contributed by atoms with van der Waals surface area (Å²) in [6.45, 7) is 10.1. The van der Waals surface area contributed by atoms with Crippen molar-refractivity contribution < 1.29 is 9.53 Å². The first-order chi connectivity index (χ1) is 16.1. The summed E-state index contributed by atoms with van der Waals surface area (Å²) in [6.07, 6.45) is 6.81. The molecular formula is C24H36N8O2. The highest BCUT2D eigenvalue weighted by molar-refractivity contribution is 6.08. The number of aromatic nitrogens is 4. The average Bonchev–Trinajstić information content (AvgIpc) is 3.38. The molecule has 2 aromatic heterocycles. The van der Waals surface area contributed by atoms with Crippen LogP contribution >= 0.6 is 0 Å². The van der Waals surface area contributed by atoms with Gasteiger partial charge in [-0.05, 0) is 59.9 Å². The predicted molar refractivity (Wildman–Crippen MR) is 134 cm³/mol. The summed E-state index contributed by atoms with van der Waals surface area (Å²) in [6, 6.07) is 3.87. The molecule has 0 aromatic carbocycles. The highest BCUT2D eigenvalue weighted by atomic mass is 16.6. The third-order valence-corrected chi connectivity index (χ3v) is 5.49. The first-order valence-electron chi connectivity index (χ1n) is 11.6. The van der Waals surface area contributed by atoms with Gasteiger partial charge in [-0.1, -0.05) is 0 Å². The van der Waals surface area contributed by atoms with Crippen molar-refractivity contribution in [2.45, 2.75) is 77.5 Å². The minimum absolute atomic E-state index is 0.0484. The van der Waals surface area contributed by atoms with Crippen LogP contribution in [0.15, 0.2) is 29.5 Å². The normalized spacial score (nSPS) is 19.1. The van der Waals surface area contributed by atoms with E-state index in [2.05, 4.69) is 46.4 Å². The molecule has 0 spiro atoms. The molecule has 0 aliphatic heterocycles. The van der Waals surface area contributed by atoms with Crippen molar-refractivity contribution in [3.05, 3.63) is 35.9 Å². The van der Waals surface area contributed by atoms with E-state index < -0.39 is 0 Å². The monoisotopic (exact) mass is 468 g/mol. The number of carbonyl (C=O) groups excluding carboxylic acids is 1. The number of nitrogens with two attached hydrogens (primary N) is 1. The molecule has 1 amide bonds. The lowest BCUT2D eigenvalue weighted by Gasteiger charge is -2.22. The zero-order chi connectivity index (χ0) is 24.9. The van der Waals surface area contributed by atoms with E-state index in [0.29, 0.717) is 17.2 Å². The summed E-state index contributed by atoms with van der Waals surface area (Å²) < 4.78 is 7.54. The highest BCUT2D eigenvalue weighted by Crippen LogP contribution is 2.37. The fraction of sp³-hybridized carbons (Fsp3) is 0.542. The Balaban J connectivity index is 1.80. The number of alkyl carbamates (subject to hydrolysis) is 1. The summed E-state index contributed by atoms with van der Waals surface area (Å²) in [5.41, 5.74) is 7.80. The lowest BCUT2D eigenvalue weighted by molar-refractivity contribution is 0.0981. The maximum absolute atomic E-state index is 12.0. The van der Waals surface area contributed by atoms with Gasteiger partial charge in [-0.25, -0.2) is 19.4 Å². The van der Waals surface area contributed by atoms with E-state index in [1.54, 1.807) is 25.5 Å². The van der Waals surface area contributed by atoms with E-state index in [4.69, 9.17) is 15.6 Å². The Bertz CT molecular complexity index is 1050. The molecule has 4 N–H and O–H groups in total. The second-order valence-electron chi connectivity index (χ2n) is 9.77. The summed E-state index contributed by atoms with van der Waals surface area (Å²) >= 11 is 0. The molecule has 2 atom stereocenters. The van der Waals surface area contributed by atoms with Crippen LogP contribution in [0, 0.1) is 0 Å². The number of carbonyl (C=O) groups is 1. The fourth-order valence-electron chi connectivity index (χ4n) is 3.96. The van der Waals surface area contributed by atoms with Crippen LogP contribution < -0.4 is 16.4 Å². The van der Waals surface area contributed by atoms with E-state index in [1.807, 2.05) is 24.6 Å². The zero-order valence-corrected chi connectivity index (χ0v) is 20.9. The second kappa shape index (κ2) is 10.7. The number of hydrogen-bond acceptors (Lipinski definition) is 8. The van der Waals surface area contributed by atoms with Crippen LogP contribution in [-0.2, 0) is 10.3 Å². The molecule has 1 fully saturated rings. The maximum atomic E-state index is 12.0. The molecule has 0 radical (unpaired) electrons. The van der Waals surface area contributed by atoms with Crippen LogP contribution in [0.25, 0.3) is 5.57 Å². The summed E-state index contributed by atoms with van der Waals surface area (Å²) in [4.78, 5) is 25.0. The third-order valence-electron chi connectivity index (χ3n) is 5.49. The molecule has 2 heterocycles. The van der Waals surface area contributed by atoms with Crippen molar-refractivity contribution in [1.82, 2.24) is 25.1 Å². The van der Waals surface area contributed by atoms with Gasteiger partial charge in [0, 0.05) is 49.3 Å². The molecule has 1 aliphatic rings. The van der Waals surface area contributed by atoms with E-state index >= 15 is 0 Å². The minimum Gasteiger partial charge on any atom is -0.446 e. The van der Waals surface area contributed by atoms with Gasteiger partial charge in [0.25, 0.3) is 0 Å². The van der Waals surface area contributed by atoms with Crippen molar-refractivity contribution in [2.75, 3.05) is 12.4 Å². The second-order valence-corrected chi connectivity index (χ2v) is 9.77. The van der Waals surface area contributed by atoms with Crippen molar-refractivity contribution in [3.8, 4) is 0 Å². The van der Waals surface area contributed by atoms with Gasteiger partial charge < -0.3 is 21.1 Å². The topological polar surface area (TPSA) is 132 Å². The Morgan fingerprint density at radius 2 is 2.12 bits per heavy atom. The van der Waals surface area contributed by atoms with Crippen molar-refractivity contribution in [3.63, 3.8) is 0 Å². The summed E-state index contributed by atoms with van der Waals surface area (Å²) in [7, 11) is 1.68. The van der Waals surface area contributed by atoms with E-state index in [0.717, 1.165) is 30.8 Å². The van der Waals surface area contributed by atoms with Crippen LogP contribution in [0.5, 0.6) is 0 Å². The van der Waals surface area contributed by atoms with Gasteiger partial charge in [-0.15, -0.1) is 0 Å². The van der Waals surface area contributed by atoms with Gasteiger partial charge >= 0.3 is 6.09 Å². The molecule has 1 aliphatic carbocycles. The Kier molecular flexibility index (Phi) is 7.90. The van der Waals surface area contributed by atoms with Crippen LogP contribution in [0.1, 0.15) is 71.2 Å². The van der Waals surface area contributed by atoms with Crippen LogP contribution in [-0.4, -0.2) is 51.2 Å². The molecule has 1 saturated carbocycles. The summed E-state index contributed by atoms with van der Waals surface area (Å²) in [5.74, 6) is 1.45. The molecule has 2 unspecified atom stereocenters. The molecule has 0 saturated heterocycles. The van der Waals surface area contributed by atoms with E-state index in [1.165, 1.54) is 6.20 Å². The SMILES string of the molecule is CN=CC(=CN)c1ccnc(Nc2cc(C3CCC(OC(=O)NC(C)C)C3)nn2C(C)(C)C)n1. The highest BCUT2D eigenvalue weighted by Gasteiger charge is 2.32. The fourth-order valence-corrected chi connectivity index (χ4v) is 3.96. The number of anilines is 2. The third kappa shape index (κ3) is 6.33. The Morgan fingerprint density at radius 3 is 2.76 bits per heavy atom. The predicted octanol–water partition coefficient (Wildman–Crippen LogP) is 3.94. The standard InChI is InChI=1S/C24H36N8O2/c1-15(2)28-23(33)34-18-8-7-16(11-18)20-12-21(32(31-20)24(3,4)5)30-22-27-10-9-19(29-22)17(13-25)14-26-6/h9-10,12-16,18H,7-8,11,25H2,1-6H3,(H,28,33)(H,27,29,30). The molecule has 10 nitrogen and oxygen atoms in total. The summed E-state index contributed by atoms with van der Waals surface area (Å²) in [5, 5.41) is 11.0. The van der Waals surface area contributed by atoms with Crippen LogP contribution in [0.2, 0.25) is 0 Å². The largest absolute Gasteiger partial charge is 0.446 e. The molecule has 34 heavy (non-hydrogen) atoms. The first kappa shape index (κ1) is 25.2. The molecule has 2 aromatic rings. The maximum Gasteiger partial charge on any atom is 0.407 e. The number of ether oxygens (including phenoxy) is 1. The smallest absolute Gasteiger partial charge is 0.407 e. The van der Waals surface area contributed by atoms with Crippen molar-refractivity contribution in [2.24, 2.45) is 10.7 Å². The van der Waals surface area contributed by atoms with Gasteiger partial charge in [-0.2, -0.15) is 5.10 Å². The quantitative estimate of drug-likeness (QED) is 0.524. The minimum atomic E-state index is -0.362. The van der Waals surface area contributed by atoms with Gasteiger partial charge in [0.1, 0.15) is 11.9 Å². The number of hydrogen-bond donors (Lipinski definition) is 3. The number of nitrogens with zero attached hydrogens (tertiary/aromatic N) is 5. The van der Waals surface area contributed by atoms with E-state index in [9.17, 15) is 4.79 Å². The van der Waals surface area contributed by atoms with Gasteiger partial charge in [0.2, 0.25) is 5.95 Å². The van der Waals surface area contributed by atoms with Gasteiger partial charge in [-0.3, -0.25) is 4.99 Å². The number of aliphatic imine (C=N–C) groups is 1. The first-order valence-corrected chi connectivity index (χ1v) is 11.6. The Morgan fingerprint density at radius 1 is 1.35 bits per heavy atom. The Hall–Kier alpha value is -3.43. The molecular weight excluding hydrogens is 432 g/mol. The average molecular weight is 469 g/mol. The van der Waals surface area contributed by atoms with Crippen molar-refractivity contribution >= 4 is 29.6 Å². The van der Waals surface area contributed by atoms with Crippen LogP contribution in [0.3, 0.4) is 0 Å². The molecule has 0 bridgehead atoms. The lowest BCUT2D eigenvalue weighted by Crippen LogP contribution is -2.33. The van der Waals surface area contributed by atoms with Crippen molar-refractivity contribution in [1.29, 1.82) is 0 Å². The number of allylic oxidation sites excluding steroid dienone is 1. The van der Waals surface area contributed by atoms with Crippen LogP contribution in [0.4, 0.5) is 16.6 Å². The lowest BCUT2D eigenvalue weighted by atomic mass is 10.0. The molecule has 3 rings (SSSR count). The number of amides is 1. The van der Waals surface area contributed by atoms with E-state index in [-0.39, 0.29) is 29.7 Å². The number of rotatable bonds is 7. The van der Waals surface area contributed by atoms with Gasteiger partial charge in [0.05, 0.1) is 16.9 Å². The number of nitrogens with one attached hydrogen (secondary N) is 2. The van der Waals surface area contributed by atoms with Gasteiger partial charge in [0.15, 0.2) is 0 Å². The molecule has 184 valence electrons. The molecule has 10 heteroatoms. The zero-order valence-electron chi connectivity index (χ0n) is 20.9.